The van der Waals surface area contributed by atoms with Gasteiger partial charge in [0.1, 0.15) is 0 Å². The number of rotatable bonds is 2. The van der Waals surface area contributed by atoms with Crippen molar-refractivity contribution in [1.29, 1.82) is 0 Å². The zero-order valence-electron chi connectivity index (χ0n) is 37.8. The second-order valence-corrected chi connectivity index (χ2v) is 22.5. The van der Waals surface area contributed by atoms with Crippen molar-refractivity contribution in [3.63, 3.8) is 0 Å². The van der Waals surface area contributed by atoms with E-state index in [1.54, 1.807) is 0 Å². The largest absolute Gasteiger partial charge is 0.490 e. The van der Waals surface area contributed by atoms with Crippen molar-refractivity contribution >= 4 is 78.0 Å². The van der Waals surface area contributed by atoms with Gasteiger partial charge in [0.05, 0.1) is 24.6 Å². The summed E-state index contributed by atoms with van der Waals surface area (Å²) < 4.78 is 15.6. The minimum Gasteiger partial charge on any atom is -0.490 e. The van der Waals surface area contributed by atoms with Crippen LogP contribution in [0.1, 0.15) is 123 Å². The molecule has 5 aromatic carbocycles. The first-order chi connectivity index (χ1) is 27.6. The van der Waals surface area contributed by atoms with Gasteiger partial charge in [-0.15, -0.1) is 11.3 Å². The fourth-order valence-corrected chi connectivity index (χ4v) is 10.7. The standard InChI is InChI=1S/C53H61BN2O2S/c1-31-26-43-48(58-25-15-24-57-43)32(2)46(31)56-42-30-36(53(12,13)14)29-41-45(42)54(49-47(56)38-27-34(51(6,7)8)19-23-44(38)59-49)39-28-35(52(9,10)11)18-22-40(39)55(41)37-20-16-33(17-21-37)50(3,4)5/h16-23,26-30H,15,24-25H2,1-14H3. The fraction of sp³-hybridized carbons (Fsp3) is 0.396. The van der Waals surface area contributed by atoms with Gasteiger partial charge < -0.3 is 19.3 Å². The summed E-state index contributed by atoms with van der Waals surface area (Å²) in [5.74, 6) is 1.71. The molecule has 0 spiro atoms. The molecule has 0 N–H and O–H groups in total. The van der Waals surface area contributed by atoms with E-state index in [0.29, 0.717) is 13.2 Å². The van der Waals surface area contributed by atoms with Gasteiger partial charge in [-0.1, -0.05) is 113 Å². The lowest BCUT2D eigenvalue weighted by atomic mass is 9.36. The minimum atomic E-state index is -0.115. The van der Waals surface area contributed by atoms with Crippen LogP contribution in [0.25, 0.3) is 10.1 Å². The summed E-state index contributed by atoms with van der Waals surface area (Å²) in [6, 6.07) is 31.1. The summed E-state index contributed by atoms with van der Waals surface area (Å²) in [5.41, 5.74) is 17.7. The Morgan fingerprint density at radius 1 is 0.559 bits per heavy atom. The molecule has 4 nitrogen and oxygen atoms in total. The molecule has 6 heteroatoms. The molecule has 0 atom stereocenters. The molecule has 304 valence electrons. The third kappa shape index (κ3) is 6.47. The molecule has 1 aromatic heterocycles. The van der Waals surface area contributed by atoms with Gasteiger partial charge in [-0.3, -0.25) is 0 Å². The first-order valence-electron chi connectivity index (χ1n) is 21.6. The molecule has 0 bridgehead atoms. The third-order valence-electron chi connectivity index (χ3n) is 12.9. The van der Waals surface area contributed by atoms with Gasteiger partial charge in [0.25, 0.3) is 6.71 Å². The van der Waals surface area contributed by atoms with Crippen LogP contribution in [0.2, 0.25) is 0 Å². The molecule has 0 saturated carbocycles. The molecule has 3 aliphatic heterocycles. The Bertz CT molecular complexity index is 2660. The Hall–Kier alpha value is -4.68. The molecule has 0 radical (unpaired) electrons. The molecule has 0 fully saturated rings. The number of anilines is 6. The van der Waals surface area contributed by atoms with Crippen LogP contribution >= 0.6 is 11.3 Å². The van der Waals surface area contributed by atoms with E-state index in [-0.39, 0.29) is 28.4 Å². The van der Waals surface area contributed by atoms with E-state index >= 15 is 0 Å². The lowest BCUT2D eigenvalue weighted by molar-refractivity contribution is 0.296. The van der Waals surface area contributed by atoms with E-state index in [9.17, 15) is 0 Å². The molecule has 59 heavy (non-hydrogen) atoms. The summed E-state index contributed by atoms with van der Waals surface area (Å²) in [5, 5.41) is 1.31. The summed E-state index contributed by atoms with van der Waals surface area (Å²) in [6.45, 7) is 33.8. The Labute approximate surface area is 357 Å². The van der Waals surface area contributed by atoms with Crippen LogP contribution in [0, 0.1) is 13.8 Å². The zero-order chi connectivity index (χ0) is 42.1. The number of hydrogen-bond donors (Lipinski definition) is 0. The van der Waals surface area contributed by atoms with Crippen LogP contribution in [0.4, 0.5) is 34.1 Å². The Kier molecular flexibility index (Phi) is 9.04. The van der Waals surface area contributed by atoms with Crippen molar-refractivity contribution in [3.8, 4) is 11.5 Å². The average molecular weight is 801 g/mol. The van der Waals surface area contributed by atoms with Crippen molar-refractivity contribution in [2.75, 3.05) is 23.0 Å². The maximum Gasteiger partial charge on any atom is 0.264 e. The van der Waals surface area contributed by atoms with Crippen molar-refractivity contribution in [1.82, 2.24) is 0 Å². The van der Waals surface area contributed by atoms with Crippen molar-refractivity contribution in [2.45, 2.75) is 125 Å². The highest BCUT2D eigenvalue weighted by Gasteiger charge is 2.47. The average Bonchev–Trinajstić information content (AvgIpc) is 3.36. The molecule has 4 heterocycles. The topological polar surface area (TPSA) is 24.9 Å². The number of hydrogen-bond acceptors (Lipinski definition) is 5. The van der Waals surface area contributed by atoms with Gasteiger partial charge in [0.15, 0.2) is 11.5 Å². The lowest BCUT2D eigenvalue weighted by Gasteiger charge is -2.45. The lowest BCUT2D eigenvalue weighted by Crippen LogP contribution is -2.60. The van der Waals surface area contributed by atoms with Crippen LogP contribution < -0.4 is 35.0 Å². The monoisotopic (exact) mass is 800 g/mol. The second-order valence-electron chi connectivity index (χ2n) is 21.4. The molecule has 0 unspecified atom stereocenters. The summed E-state index contributed by atoms with van der Waals surface area (Å²) in [7, 11) is 0. The van der Waals surface area contributed by atoms with Gasteiger partial charge in [-0.2, -0.15) is 0 Å². The van der Waals surface area contributed by atoms with Gasteiger partial charge in [-0.05, 0) is 123 Å². The normalized spacial score (nSPS) is 15.3. The van der Waals surface area contributed by atoms with E-state index in [1.165, 1.54) is 87.7 Å². The number of ether oxygens (including phenoxy) is 2. The van der Waals surface area contributed by atoms with Crippen molar-refractivity contribution < 1.29 is 9.47 Å². The number of aryl methyl sites for hydroxylation is 1. The first-order valence-corrected chi connectivity index (χ1v) is 22.4. The maximum absolute atomic E-state index is 6.57. The van der Waals surface area contributed by atoms with E-state index in [0.717, 1.165) is 23.5 Å². The quantitative estimate of drug-likeness (QED) is 0.163. The number of fused-ring (bicyclic) bond motifs is 7. The maximum atomic E-state index is 6.57. The molecular formula is C53H61BN2O2S. The molecule has 3 aliphatic rings. The van der Waals surface area contributed by atoms with E-state index in [2.05, 4.69) is 186 Å². The van der Waals surface area contributed by atoms with Gasteiger partial charge >= 0.3 is 0 Å². The van der Waals surface area contributed by atoms with Gasteiger partial charge in [0, 0.05) is 49.6 Å². The Morgan fingerprint density at radius 3 is 1.78 bits per heavy atom. The smallest absolute Gasteiger partial charge is 0.264 e. The Morgan fingerprint density at radius 2 is 1.14 bits per heavy atom. The molecule has 0 saturated heterocycles. The molecule has 6 aromatic rings. The predicted octanol–water partition coefficient (Wildman–Crippen LogP) is 13.0. The van der Waals surface area contributed by atoms with Crippen LogP contribution in [0.3, 0.4) is 0 Å². The molecular weight excluding hydrogens is 739 g/mol. The summed E-state index contributed by atoms with van der Waals surface area (Å²) in [6.07, 6.45) is 0.868. The van der Waals surface area contributed by atoms with Crippen molar-refractivity contribution in [2.24, 2.45) is 0 Å². The highest BCUT2D eigenvalue weighted by atomic mass is 32.1. The predicted molar refractivity (Wildman–Crippen MR) is 256 cm³/mol. The third-order valence-corrected chi connectivity index (χ3v) is 14.1. The van der Waals surface area contributed by atoms with E-state index in [1.807, 2.05) is 11.3 Å². The van der Waals surface area contributed by atoms with Crippen molar-refractivity contribution in [3.05, 3.63) is 112 Å². The van der Waals surface area contributed by atoms with Gasteiger partial charge in [0.2, 0.25) is 0 Å². The number of benzene rings is 5. The second kappa shape index (κ2) is 13.4. The number of nitrogens with zero attached hydrogens (tertiary/aromatic N) is 2. The highest BCUT2D eigenvalue weighted by Crippen LogP contribution is 2.53. The summed E-state index contributed by atoms with van der Waals surface area (Å²) in [4.78, 5) is 5.21. The number of thiophene rings is 1. The van der Waals surface area contributed by atoms with Gasteiger partial charge in [-0.25, -0.2) is 0 Å². The SMILES string of the molecule is Cc1cc2c(c(C)c1N1c3cc(C(C)(C)C)cc4c3B(c3cc(C(C)(C)C)ccc3N4c3ccc(C(C)(C)C)cc3)c3sc4ccc(C(C)(C)C)cc4c31)OCCCO2. The van der Waals surface area contributed by atoms with Crippen LogP contribution in [0.15, 0.2) is 78.9 Å². The molecule has 9 rings (SSSR count). The highest BCUT2D eigenvalue weighted by molar-refractivity contribution is 7.33. The van der Waals surface area contributed by atoms with Crippen LogP contribution in [-0.4, -0.2) is 19.9 Å². The molecule has 0 aliphatic carbocycles. The van der Waals surface area contributed by atoms with Crippen LogP contribution in [-0.2, 0) is 21.7 Å². The minimum absolute atomic E-state index is 0.00381. The van der Waals surface area contributed by atoms with Crippen LogP contribution in [0.5, 0.6) is 11.5 Å². The van der Waals surface area contributed by atoms with E-state index in [4.69, 9.17) is 9.47 Å². The summed E-state index contributed by atoms with van der Waals surface area (Å²) >= 11 is 1.97. The van der Waals surface area contributed by atoms with E-state index < -0.39 is 0 Å². The molecule has 0 amide bonds. The Balaban J connectivity index is 1.45. The first kappa shape index (κ1) is 39.8. The fourth-order valence-electron chi connectivity index (χ4n) is 9.44. The zero-order valence-corrected chi connectivity index (χ0v) is 38.6.